The average molecular weight is 382 g/mol. The molecule has 1 aliphatic heterocycles. The van der Waals surface area contributed by atoms with Gasteiger partial charge >= 0.3 is 0 Å². The molecule has 0 aliphatic carbocycles. The molecule has 0 unspecified atom stereocenters. The molecule has 1 saturated heterocycles. The lowest BCUT2D eigenvalue weighted by Gasteiger charge is -2.33. The number of hydrogen-bond acceptors (Lipinski definition) is 4. The molecule has 0 saturated carbocycles. The van der Waals surface area contributed by atoms with E-state index in [9.17, 15) is 9.59 Å². The highest BCUT2D eigenvalue weighted by atomic mass is 16.5. The minimum Gasteiger partial charge on any atom is -0.496 e. The van der Waals surface area contributed by atoms with Crippen LogP contribution in [-0.4, -0.2) is 43.0 Å². The highest BCUT2D eigenvalue weighted by Gasteiger charge is 2.23. The number of methoxy groups -OCH3 is 1. The van der Waals surface area contributed by atoms with Gasteiger partial charge in [-0.15, -0.1) is 0 Å². The maximum Gasteiger partial charge on any atom is 0.260 e. The SMILES string of the molecule is COc1ccccc1C(=O)Nc1ccc(OCC(=O)N2CCCC[C@H]2C)cc1. The number of anilines is 1. The van der Waals surface area contributed by atoms with E-state index in [0.717, 1.165) is 19.4 Å². The van der Waals surface area contributed by atoms with E-state index in [4.69, 9.17) is 9.47 Å². The van der Waals surface area contributed by atoms with Gasteiger partial charge in [0, 0.05) is 18.3 Å². The van der Waals surface area contributed by atoms with Crippen LogP contribution in [0.15, 0.2) is 48.5 Å². The smallest absolute Gasteiger partial charge is 0.260 e. The third-order valence-electron chi connectivity index (χ3n) is 4.95. The van der Waals surface area contributed by atoms with Gasteiger partial charge in [-0.3, -0.25) is 9.59 Å². The van der Waals surface area contributed by atoms with Gasteiger partial charge in [0.25, 0.3) is 11.8 Å². The molecule has 1 atom stereocenters. The predicted octanol–water partition coefficient (Wildman–Crippen LogP) is 3.73. The van der Waals surface area contributed by atoms with Gasteiger partial charge in [0.1, 0.15) is 11.5 Å². The van der Waals surface area contributed by atoms with Crippen molar-refractivity contribution in [2.45, 2.75) is 32.2 Å². The molecule has 6 heteroatoms. The summed E-state index contributed by atoms with van der Waals surface area (Å²) in [4.78, 5) is 26.7. The van der Waals surface area contributed by atoms with Crippen LogP contribution in [0.25, 0.3) is 0 Å². The zero-order valence-corrected chi connectivity index (χ0v) is 16.3. The van der Waals surface area contributed by atoms with E-state index in [0.29, 0.717) is 22.7 Å². The first-order chi connectivity index (χ1) is 13.6. The molecule has 2 aromatic carbocycles. The monoisotopic (exact) mass is 382 g/mol. The van der Waals surface area contributed by atoms with Crippen molar-refractivity contribution >= 4 is 17.5 Å². The Morgan fingerprint density at radius 3 is 2.57 bits per heavy atom. The minimum absolute atomic E-state index is 0.0146. The fourth-order valence-corrected chi connectivity index (χ4v) is 3.36. The maximum absolute atomic E-state index is 12.4. The minimum atomic E-state index is -0.250. The van der Waals surface area contributed by atoms with Crippen LogP contribution in [0.5, 0.6) is 11.5 Å². The van der Waals surface area contributed by atoms with E-state index in [2.05, 4.69) is 12.2 Å². The molecule has 1 N–H and O–H groups in total. The number of piperidine rings is 1. The number of ether oxygens (including phenoxy) is 2. The Kier molecular flexibility index (Phi) is 6.53. The Labute approximate surface area is 165 Å². The molecule has 148 valence electrons. The van der Waals surface area contributed by atoms with E-state index >= 15 is 0 Å². The van der Waals surface area contributed by atoms with Crippen molar-refractivity contribution in [2.24, 2.45) is 0 Å². The standard InChI is InChI=1S/C22H26N2O4/c1-16-7-5-6-14-24(16)21(25)15-28-18-12-10-17(11-13-18)23-22(26)19-8-3-4-9-20(19)27-2/h3-4,8-13,16H,5-7,14-15H2,1-2H3,(H,23,26)/t16-/m1/s1. The molecule has 1 fully saturated rings. The second-order valence-corrected chi connectivity index (χ2v) is 6.90. The zero-order chi connectivity index (χ0) is 19.9. The van der Waals surface area contributed by atoms with Crippen molar-refractivity contribution in [3.63, 3.8) is 0 Å². The first kappa shape index (κ1) is 19.7. The van der Waals surface area contributed by atoms with Gasteiger partial charge in [-0.2, -0.15) is 0 Å². The van der Waals surface area contributed by atoms with Crippen LogP contribution < -0.4 is 14.8 Å². The van der Waals surface area contributed by atoms with Crippen molar-refractivity contribution in [3.8, 4) is 11.5 Å². The highest BCUT2D eigenvalue weighted by molar-refractivity contribution is 6.06. The maximum atomic E-state index is 12.4. The summed E-state index contributed by atoms with van der Waals surface area (Å²) in [5, 5.41) is 2.83. The van der Waals surface area contributed by atoms with Crippen molar-refractivity contribution in [2.75, 3.05) is 25.6 Å². The topological polar surface area (TPSA) is 67.9 Å². The summed E-state index contributed by atoms with van der Waals surface area (Å²) in [6.45, 7) is 2.91. The molecule has 6 nitrogen and oxygen atoms in total. The van der Waals surface area contributed by atoms with Crippen LogP contribution >= 0.6 is 0 Å². The molecular formula is C22H26N2O4. The number of carbonyl (C=O) groups excluding carboxylic acids is 2. The number of hydrogen-bond donors (Lipinski definition) is 1. The molecule has 1 aliphatic rings. The third kappa shape index (κ3) is 4.82. The lowest BCUT2D eigenvalue weighted by molar-refractivity contribution is -0.136. The third-order valence-corrected chi connectivity index (χ3v) is 4.95. The van der Waals surface area contributed by atoms with Gasteiger partial charge in [0.15, 0.2) is 6.61 Å². The summed E-state index contributed by atoms with van der Waals surface area (Å²) >= 11 is 0. The molecule has 0 radical (unpaired) electrons. The Balaban J connectivity index is 1.55. The van der Waals surface area contributed by atoms with Crippen LogP contribution in [0.2, 0.25) is 0 Å². The van der Waals surface area contributed by atoms with E-state index in [-0.39, 0.29) is 24.5 Å². The fraction of sp³-hybridized carbons (Fsp3) is 0.364. The molecule has 0 aromatic heterocycles. The molecule has 0 bridgehead atoms. The second-order valence-electron chi connectivity index (χ2n) is 6.90. The van der Waals surface area contributed by atoms with Gasteiger partial charge in [0.05, 0.1) is 12.7 Å². The molecule has 2 aromatic rings. The Bertz CT molecular complexity index is 820. The molecule has 28 heavy (non-hydrogen) atoms. The van der Waals surface area contributed by atoms with Crippen molar-refractivity contribution in [1.82, 2.24) is 4.90 Å². The van der Waals surface area contributed by atoms with Crippen molar-refractivity contribution < 1.29 is 19.1 Å². The van der Waals surface area contributed by atoms with Crippen LogP contribution in [0, 0.1) is 0 Å². The van der Waals surface area contributed by atoms with Crippen LogP contribution in [0.3, 0.4) is 0 Å². The molecule has 2 amide bonds. The summed E-state index contributed by atoms with van der Waals surface area (Å²) in [6, 6.07) is 14.3. The van der Waals surface area contributed by atoms with Gasteiger partial charge < -0.3 is 19.7 Å². The number of carbonyl (C=O) groups is 2. The highest BCUT2D eigenvalue weighted by Crippen LogP contribution is 2.21. The van der Waals surface area contributed by atoms with E-state index in [1.165, 1.54) is 13.5 Å². The lowest BCUT2D eigenvalue weighted by Crippen LogP contribution is -2.44. The first-order valence-corrected chi connectivity index (χ1v) is 9.55. The number of rotatable bonds is 6. The fourth-order valence-electron chi connectivity index (χ4n) is 3.36. The van der Waals surface area contributed by atoms with Crippen molar-refractivity contribution in [1.29, 1.82) is 0 Å². The summed E-state index contributed by atoms with van der Waals surface area (Å²) in [7, 11) is 1.53. The zero-order valence-electron chi connectivity index (χ0n) is 16.3. The lowest BCUT2D eigenvalue weighted by atomic mass is 10.0. The van der Waals surface area contributed by atoms with E-state index in [1.54, 1.807) is 42.5 Å². The largest absolute Gasteiger partial charge is 0.496 e. The number of benzene rings is 2. The summed E-state index contributed by atoms with van der Waals surface area (Å²) in [5.41, 5.74) is 1.10. The average Bonchev–Trinajstić information content (AvgIpc) is 2.73. The number of para-hydroxylation sites is 1. The first-order valence-electron chi connectivity index (χ1n) is 9.55. The van der Waals surface area contributed by atoms with E-state index < -0.39 is 0 Å². The van der Waals surface area contributed by atoms with Crippen LogP contribution in [0.4, 0.5) is 5.69 Å². The summed E-state index contributed by atoms with van der Waals surface area (Å²) < 4.78 is 10.8. The van der Waals surface area contributed by atoms with E-state index in [1.807, 2.05) is 11.0 Å². The Morgan fingerprint density at radius 1 is 1.11 bits per heavy atom. The summed E-state index contributed by atoms with van der Waals surface area (Å²) in [6.07, 6.45) is 3.27. The van der Waals surface area contributed by atoms with Gasteiger partial charge in [0.2, 0.25) is 0 Å². The van der Waals surface area contributed by atoms with Gasteiger partial charge in [-0.05, 0) is 62.6 Å². The van der Waals surface area contributed by atoms with Crippen molar-refractivity contribution in [3.05, 3.63) is 54.1 Å². The summed E-state index contributed by atoms with van der Waals surface area (Å²) in [5.74, 6) is 0.875. The number of nitrogens with one attached hydrogen (secondary N) is 1. The van der Waals surface area contributed by atoms with Crippen LogP contribution in [-0.2, 0) is 4.79 Å². The molecular weight excluding hydrogens is 356 g/mol. The Hall–Kier alpha value is -3.02. The molecule has 0 spiro atoms. The normalized spacial score (nSPS) is 16.4. The van der Waals surface area contributed by atoms with Gasteiger partial charge in [-0.25, -0.2) is 0 Å². The molecule has 1 heterocycles. The number of likely N-dealkylation sites (tertiary alicyclic amines) is 1. The quantitative estimate of drug-likeness (QED) is 0.827. The number of amides is 2. The number of nitrogens with zero attached hydrogens (tertiary/aromatic N) is 1. The van der Waals surface area contributed by atoms with Gasteiger partial charge in [-0.1, -0.05) is 12.1 Å². The second kappa shape index (κ2) is 9.26. The predicted molar refractivity (Wildman–Crippen MR) is 108 cm³/mol. The molecule has 3 rings (SSSR count). The van der Waals surface area contributed by atoms with Crippen LogP contribution in [0.1, 0.15) is 36.5 Å². The Morgan fingerprint density at radius 2 is 1.86 bits per heavy atom.